The van der Waals surface area contributed by atoms with Gasteiger partial charge in [0, 0.05) is 0 Å². The summed E-state index contributed by atoms with van der Waals surface area (Å²) in [6.07, 6.45) is 12.4. The Hall–Kier alpha value is -0.990. The molecule has 3 rings (SSSR count). The molecule has 26 heavy (non-hydrogen) atoms. The Morgan fingerprint density at radius 1 is 0.808 bits per heavy atom. The zero-order valence-corrected chi connectivity index (χ0v) is 16.1. The fraction of sp³-hybridized carbons (Fsp3) is 0.739. The van der Waals surface area contributed by atoms with Crippen LogP contribution in [0.4, 0.5) is 13.2 Å². The Balaban J connectivity index is 1.47. The standard InChI is InChI=1S/C23H33F3/c1-16-5-14-21(23(26)22(16)25)20-12-10-19(11-13-20)18-8-6-17(7-9-18)4-2-3-15-24/h5,14,17-20H,2-4,6-13,15H2,1H3. The monoisotopic (exact) mass is 366 g/mol. The summed E-state index contributed by atoms with van der Waals surface area (Å²) in [6, 6.07) is 3.51. The second-order valence-electron chi connectivity index (χ2n) is 8.68. The Morgan fingerprint density at radius 2 is 1.42 bits per heavy atom. The van der Waals surface area contributed by atoms with E-state index in [1.165, 1.54) is 32.1 Å². The lowest BCUT2D eigenvalue weighted by Gasteiger charge is -2.38. The predicted octanol–water partition coefficient (Wildman–Crippen LogP) is 7.49. The Labute approximate surface area is 156 Å². The van der Waals surface area contributed by atoms with Crippen LogP contribution in [-0.4, -0.2) is 6.67 Å². The lowest BCUT2D eigenvalue weighted by Crippen LogP contribution is -2.25. The van der Waals surface area contributed by atoms with Gasteiger partial charge in [-0.1, -0.05) is 37.8 Å². The molecule has 2 saturated carbocycles. The first-order valence-corrected chi connectivity index (χ1v) is 10.6. The lowest BCUT2D eigenvalue weighted by atomic mass is 9.68. The van der Waals surface area contributed by atoms with Gasteiger partial charge in [0.1, 0.15) is 0 Å². The van der Waals surface area contributed by atoms with Gasteiger partial charge in [0.25, 0.3) is 0 Å². The Morgan fingerprint density at radius 3 is 2.04 bits per heavy atom. The third kappa shape index (κ3) is 4.64. The highest BCUT2D eigenvalue weighted by molar-refractivity contribution is 5.28. The van der Waals surface area contributed by atoms with Gasteiger partial charge in [0.15, 0.2) is 11.6 Å². The van der Waals surface area contributed by atoms with E-state index in [0.29, 0.717) is 11.1 Å². The minimum Gasteiger partial charge on any atom is -0.251 e. The highest BCUT2D eigenvalue weighted by atomic mass is 19.2. The van der Waals surface area contributed by atoms with E-state index in [1.54, 1.807) is 19.1 Å². The number of aryl methyl sites for hydroxylation is 1. The summed E-state index contributed by atoms with van der Waals surface area (Å²) in [7, 11) is 0. The van der Waals surface area contributed by atoms with Crippen LogP contribution in [0.2, 0.25) is 0 Å². The van der Waals surface area contributed by atoms with Crippen LogP contribution in [0.25, 0.3) is 0 Å². The summed E-state index contributed by atoms with van der Waals surface area (Å²) in [5, 5.41) is 0. The molecule has 0 radical (unpaired) electrons. The van der Waals surface area contributed by atoms with Gasteiger partial charge in [-0.05, 0) is 86.7 Å². The van der Waals surface area contributed by atoms with Crippen LogP contribution in [-0.2, 0) is 0 Å². The molecule has 146 valence electrons. The van der Waals surface area contributed by atoms with E-state index in [-0.39, 0.29) is 12.6 Å². The third-order valence-corrected chi connectivity index (χ3v) is 7.07. The third-order valence-electron chi connectivity index (χ3n) is 7.07. The maximum atomic E-state index is 14.3. The maximum Gasteiger partial charge on any atom is 0.162 e. The first kappa shape index (κ1) is 19.8. The molecule has 0 bridgehead atoms. The van der Waals surface area contributed by atoms with Crippen LogP contribution >= 0.6 is 0 Å². The van der Waals surface area contributed by atoms with Crippen molar-refractivity contribution < 1.29 is 13.2 Å². The van der Waals surface area contributed by atoms with Gasteiger partial charge in [0.2, 0.25) is 0 Å². The molecular formula is C23H33F3. The molecule has 0 unspecified atom stereocenters. The van der Waals surface area contributed by atoms with Gasteiger partial charge < -0.3 is 0 Å². The van der Waals surface area contributed by atoms with Crippen LogP contribution in [0, 0.1) is 36.3 Å². The molecule has 2 aliphatic rings. The van der Waals surface area contributed by atoms with Crippen molar-refractivity contribution in [3.05, 3.63) is 34.9 Å². The van der Waals surface area contributed by atoms with Crippen molar-refractivity contribution in [2.45, 2.75) is 83.5 Å². The molecule has 2 fully saturated rings. The van der Waals surface area contributed by atoms with E-state index in [4.69, 9.17) is 0 Å². The van der Waals surface area contributed by atoms with Gasteiger partial charge >= 0.3 is 0 Å². The summed E-state index contributed by atoms with van der Waals surface area (Å²) in [6.45, 7) is 1.44. The molecule has 0 heterocycles. The topological polar surface area (TPSA) is 0 Å². The average Bonchev–Trinajstić information content (AvgIpc) is 2.67. The fourth-order valence-corrected chi connectivity index (χ4v) is 5.35. The molecule has 0 nitrogen and oxygen atoms in total. The van der Waals surface area contributed by atoms with Gasteiger partial charge in [-0.15, -0.1) is 0 Å². The van der Waals surface area contributed by atoms with Crippen molar-refractivity contribution >= 4 is 0 Å². The molecule has 0 N–H and O–H groups in total. The SMILES string of the molecule is Cc1ccc(C2CCC(C3CCC(CCCCF)CC3)CC2)c(F)c1F. The molecule has 0 amide bonds. The fourth-order valence-electron chi connectivity index (χ4n) is 5.35. The Kier molecular flexibility index (Phi) is 7.05. The maximum absolute atomic E-state index is 14.3. The molecule has 0 atom stereocenters. The summed E-state index contributed by atoms with van der Waals surface area (Å²) < 4.78 is 40.4. The molecule has 1 aromatic rings. The number of hydrogen-bond donors (Lipinski definition) is 0. The predicted molar refractivity (Wildman–Crippen MR) is 101 cm³/mol. The number of halogens is 3. The molecule has 2 aliphatic carbocycles. The normalized spacial score (nSPS) is 29.7. The van der Waals surface area contributed by atoms with Crippen molar-refractivity contribution in [1.29, 1.82) is 0 Å². The van der Waals surface area contributed by atoms with Gasteiger partial charge in [-0.2, -0.15) is 0 Å². The van der Waals surface area contributed by atoms with E-state index < -0.39 is 11.6 Å². The summed E-state index contributed by atoms with van der Waals surface area (Å²) in [5.41, 5.74) is 0.978. The van der Waals surface area contributed by atoms with Crippen LogP contribution in [0.1, 0.15) is 87.7 Å². The summed E-state index contributed by atoms with van der Waals surface area (Å²) >= 11 is 0. The number of benzene rings is 1. The molecule has 0 saturated heterocycles. The highest BCUT2D eigenvalue weighted by Gasteiger charge is 2.32. The second kappa shape index (κ2) is 9.28. The van der Waals surface area contributed by atoms with Crippen LogP contribution in [0.5, 0.6) is 0 Å². The van der Waals surface area contributed by atoms with Crippen LogP contribution in [0.15, 0.2) is 12.1 Å². The minimum atomic E-state index is -0.671. The Bertz CT molecular complexity index is 567. The summed E-state index contributed by atoms with van der Waals surface area (Å²) in [5.74, 6) is 1.26. The highest BCUT2D eigenvalue weighted by Crippen LogP contribution is 2.45. The van der Waals surface area contributed by atoms with Gasteiger partial charge in [-0.25, -0.2) is 8.78 Å². The van der Waals surface area contributed by atoms with Crippen molar-refractivity contribution in [2.24, 2.45) is 17.8 Å². The van der Waals surface area contributed by atoms with Gasteiger partial charge in [0.05, 0.1) is 6.67 Å². The largest absolute Gasteiger partial charge is 0.251 e. The molecule has 3 heteroatoms. The van der Waals surface area contributed by atoms with Crippen molar-refractivity contribution in [1.82, 2.24) is 0 Å². The van der Waals surface area contributed by atoms with E-state index >= 15 is 0 Å². The molecule has 0 aromatic heterocycles. The first-order chi connectivity index (χ1) is 12.6. The number of alkyl halides is 1. The molecule has 0 aliphatic heterocycles. The number of hydrogen-bond acceptors (Lipinski definition) is 0. The molecular weight excluding hydrogens is 333 g/mol. The smallest absolute Gasteiger partial charge is 0.162 e. The van der Waals surface area contributed by atoms with Crippen molar-refractivity contribution in [3.63, 3.8) is 0 Å². The second-order valence-corrected chi connectivity index (χ2v) is 8.68. The van der Waals surface area contributed by atoms with Crippen LogP contribution < -0.4 is 0 Å². The zero-order chi connectivity index (χ0) is 18.5. The van der Waals surface area contributed by atoms with E-state index in [2.05, 4.69) is 0 Å². The number of unbranched alkanes of at least 4 members (excludes halogenated alkanes) is 1. The van der Waals surface area contributed by atoms with Crippen LogP contribution in [0.3, 0.4) is 0 Å². The lowest BCUT2D eigenvalue weighted by molar-refractivity contribution is 0.154. The average molecular weight is 367 g/mol. The summed E-state index contributed by atoms with van der Waals surface area (Å²) in [4.78, 5) is 0. The number of rotatable bonds is 6. The van der Waals surface area contributed by atoms with E-state index in [0.717, 1.165) is 56.3 Å². The quantitative estimate of drug-likeness (QED) is 0.457. The zero-order valence-electron chi connectivity index (χ0n) is 16.1. The van der Waals surface area contributed by atoms with Crippen molar-refractivity contribution in [3.8, 4) is 0 Å². The van der Waals surface area contributed by atoms with Crippen molar-refractivity contribution in [2.75, 3.05) is 6.67 Å². The molecule has 1 aromatic carbocycles. The van der Waals surface area contributed by atoms with Gasteiger partial charge in [-0.3, -0.25) is 4.39 Å². The minimum absolute atomic E-state index is 0.177. The van der Waals surface area contributed by atoms with E-state index in [9.17, 15) is 13.2 Å². The molecule has 0 spiro atoms. The van der Waals surface area contributed by atoms with E-state index in [1.807, 2.05) is 0 Å². The first-order valence-electron chi connectivity index (χ1n) is 10.6.